The van der Waals surface area contributed by atoms with E-state index >= 15 is 0 Å². The summed E-state index contributed by atoms with van der Waals surface area (Å²) < 4.78 is 31.0. The molecule has 0 bridgehead atoms. The molecule has 0 saturated heterocycles. The molecule has 160 valence electrons. The Labute approximate surface area is 159 Å². The second-order valence-corrected chi connectivity index (χ2v) is 7.31. The van der Waals surface area contributed by atoms with Crippen molar-refractivity contribution >= 4 is 19.8 Å². The summed E-state index contributed by atoms with van der Waals surface area (Å²) in [6.45, 7) is 1.51. The van der Waals surface area contributed by atoms with E-state index in [0.29, 0.717) is 6.42 Å². The van der Waals surface area contributed by atoms with E-state index in [9.17, 15) is 19.0 Å². The van der Waals surface area contributed by atoms with E-state index in [-0.39, 0.29) is 19.4 Å². The van der Waals surface area contributed by atoms with Crippen LogP contribution in [0, 0.1) is 0 Å². The highest BCUT2D eigenvalue weighted by Crippen LogP contribution is 2.43. The average Bonchev–Trinajstić information content (AvgIpc) is 2.65. The Kier molecular flexibility index (Phi) is 14.4. The number of phosphoric acid groups is 1. The number of carbonyl (C=O) groups is 2. The molecule has 0 rings (SSSR count). The van der Waals surface area contributed by atoms with Crippen LogP contribution in [-0.2, 0) is 32.7 Å². The van der Waals surface area contributed by atoms with Crippen molar-refractivity contribution in [1.29, 1.82) is 0 Å². The Morgan fingerprint density at radius 3 is 2.26 bits per heavy atom. The summed E-state index contributed by atoms with van der Waals surface area (Å²) in [6.07, 6.45) is 1.43. The summed E-state index contributed by atoms with van der Waals surface area (Å²) in [5.74, 6) is -1.05. The van der Waals surface area contributed by atoms with Gasteiger partial charge in [-0.05, 0) is 6.42 Å². The molecule has 1 unspecified atom stereocenters. The normalized spacial score (nSPS) is 15.6. The van der Waals surface area contributed by atoms with Crippen LogP contribution in [0.2, 0.25) is 0 Å². The predicted molar refractivity (Wildman–Crippen MR) is 94.7 cm³/mol. The molecule has 27 heavy (non-hydrogen) atoms. The van der Waals surface area contributed by atoms with Gasteiger partial charge in [0.25, 0.3) is 0 Å². The van der Waals surface area contributed by atoms with Crippen LogP contribution in [0.1, 0.15) is 52.4 Å². The molecule has 0 fully saturated rings. The first-order valence-corrected chi connectivity index (χ1v) is 10.5. The molecule has 3 N–H and O–H groups in total. The van der Waals surface area contributed by atoms with E-state index in [2.05, 4.69) is 4.52 Å². The fourth-order valence-electron chi connectivity index (χ4n) is 1.79. The lowest BCUT2D eigenvalue weighted by molar-refractivity contribution is -0.161. The molecule has 0 amide bonds. The smallest absolute Gasteiger partial charge is 0.462 e. The van der Waals surface area contributed by atoms with Crippen LogP contribution >= 0.6 is 7.82 Å². The van der Waals surface area contributed by atoms with Crippen molar-refractivity contribution in [1.82, 2.24) is 0 Å². The molecule has 3 atom stereocenters. The third kappa shape index (κ3) is 14.7. The van der Waals surface area contributed by atoms with E-state index in [0.717, 1.165) is 19.3 Å². The molecule has 0 heterocycles. The zero-order valence-electron chi connectivity index (χ0n) is 15.9. The van der Waals surface area contributed by atoms with Crippen LogP contribution in [0.5, 0.6) is 0 Å². The van der Waals surface area contributed by atoms with Crippen molar-refractivity contribution in [3.8, 4) is 0 Å². The minimum atomic E-state index is -4.54. The molecule has 10 nitrogen and oxygen atoms in total. The summed E-state index contributed by atoms with van der Waals surface area (Å²) in [7, 11) is -4.54. The molecule has 0 aromatic rings. The lowest BCUT2D eigenvalue weighted by Gasteiger charge is -2.20. The van der Waals surface area contributed by atoms with Gasteiger partial charge in [-0.1, -0.05) is 33.1 Å². The van der Waals surface area contributed by atoms with Gasteiger partial charge < -0.3 is 24.6 Å². The van der Waals surface area contributed by atoms with E-state index in [4.69, 9.17) is 24.2 Å². The highest BCUT2D eigenvalue weighted by molar-refractivity contribution is 7.47. The van der Waals surface area contributed by atoms with Crippen molar-refractivity contribution < 1.29 is 47.8 Å². The van der Waals surface area contributed by atoms with Crippen LogP contribution in [0.25, 0.3) is 0 Å². The lowest BCUT2D eigenvalue weighted by Crippen LogP contribution is -2.29. The van der Waals surface area contributed by atoms with Gasteiger partial charge in [0, 0.05) is 12.8 Å². The summed E-state index contributed by atoms with van der Waals surface area (Å²) in [6, 6.07) is 0. The Morgan fingerprint density at radius 1 is 1.00 bits per heavy atom. The van der Waals surface area contributed by atoms with Gasteiger partial charge in [-0.15, -0.1) is 0 Å². The minimum absolute atomic E-state index is 0.124. The fourth-order valence-corrected chi connectivity index (χ4v) is 2.58. The quantitative estimate of drug-likeness (QED) is 0.192. The number of aliphatic hydroxyl groups is 2. The summed E-state index contributed by atoms with van der Waals surface area (Å²) in [4.78, 5) is 32.7. The zero-order valence-corrected chi connectivity index (χ0v) is 16.8. The van der Waals surface area contributed by atoms with Crippen molar-refractivity contribution in [3.63, 3.8) is 0 Å². The van der Waals surface area contributed by atoms with Crippen LogP contribution < -0.4 is 0 Å². The van der Waals surface area contributed by atoms with Gasteiger partial charge in [-0.2, -0.15) is 0 Å². The van der Waals surface area contributed by atoms with Gasteiger partial charge in [0.05, 0.1) is 19.8 Å². The number of unbranched alkanes of at least 4 members (excludes halogenated alkanes) is 3. The first kappa shape index (κ1) is 26.0. The third-order valence-corrected chi connectivity index (χ3v) is 4.27. The van der Waals surface area contributed by atoms with Crippen LogP contribution in [0.3, 0.4) is 0 Å². The number of hydrogen-bond donors (Lipinski definition) is 3. The largest absolute Gasteiger partial charge is 0.472 e. The van der Waals surface area contributed by atoms with Gasteiger partial charge in [-0.3, -0.25) is 18.6 Å². The molecule has 0 aliphatic carbocycles. The number of aliphatic hydroxyl groups excluding tert-OH is 2. The maximum absolute atomic E-state index is 11.9. The molecule has 0 saturated carbocycles. The average molecular weight is 414 g/mol. The minimum Gasteiger partial charge on any atom is -0.462 e. The maximum Gasteiger partial charge on any atom is 0.472 e. The predicted octanol–water partition coefficient (Wildman–Crippen LogP) is 1.31. The number of hydrogen-bond acceptors (Lipinski definition) is 9. The highest BCUT2D eigenvalue weighted by Gasteiger charge is 2.26. The van der Waals surface area contributed by atoms with E-state index in [1.807, 2.05) is 6.92 Å². The van der Waals surface area contributed by atoms with Gasteiger partial charge in [0.1, 0.15) is 12.7 Å². The van der Waals surface area contributed by atoms with Crippen molar-refractivity contribution in [2.24, 2.45) is 0 Å². The molecule has 0 aromatic carbocycles. The lowest BCUT2D eigenvalue weighted by atomic mass is 10.1. The summed E-state index contributed by atoms with van der Waals surface area (Å²) in [5, 5.41) is 17.8. The third-order valence-electron chi connectivity index (χ3n) is 3.32. The molecule has 0 aromatic heterocycles. The van der Waals surface area contributed by atoms with Crippen LogP contribution in [0.15, 0.2) is 0 Å². The molecular formula is C16H31O10P. The standard InChI is InChI=1S/C16H31O10P/c1-3-5-6-7-8-16(20)26-14(11-23-15(19)4-2)12-25-27(21,22)24-10-13(18)9-17/h13-14,17-18H,3-12H2,1-2H3,(H,21,22)/t13-,14-/m1/s1. The van der Waals surface area contributed by atoms with Crippen molar-refractivity contribution in [2.75, 3.05) is 26.4 Å². The Balaban J connectivity index is 4.54. The Hall–Kier alpha value is -1.03. The zero-order chi connectivity index (χ0) is 20.7. The van der Waals surface area contributed by atoms with E-state index in [1.54, 1.807) is 6.92 Å². The number of ether oxygens (including phenoxy) is 2. The molecular weight excluding hydrogens is 383 g/mol. The van der Waals surface area contributed by atoms with Gasteiger partial charge in [-0.25, -0.2) is 4.57 Å². The Morgan fingerprint density at radius 2 is 1.67 bits per heavy atom. The van der Waals surface area contributed by atoms with E-state index in [1.165, 1.54) is 0 Å². The van der Waals surface area contributed by atoms with Crippen molar-refractivity contribution in [3.05, 3.63) is 0 Å². The summed E-state index contributed by atoms with van der Waals surface area (Å²) in [5.41, 5.74) is 0. The van der Waals surface area contributed by atoms with Crippen LogP contribution in [-0.4, -0.2) is 65.7 Å². The molecule has 0 spiro atoms. The topological polar surface area (TPSA) is 149 Å². The molecule has 11 heteroatoms. The monoisotopic (exact) mass is 414 g/mol. The Bertz CT molecular complexity index is 470. The highest BCUT2D eigenvalue weighted by atomic mass is 31.2. The molecule has 0 aliphatic heterocycles. The number of phosphoric ester groups is 1. The van der Waals surface area contributed by atoms with Gasteiger partial charge >= 0.3 is 19.8 Å². The molecule has 0 aliphatic rings. The van der Waals surface area contributed by atoms with Crippen LogP contribution in [0.4, 0.5) is 0 Å². The first-order valence-electron chi connectivity index (χ1n) is 8.99. The second-order valence-electron chi connectivity index (χ2n) is 5.86. The summed E-state index contributed by atoms with van der Waals surface area (Å²) >= 11 is 0. The van der Waals surface area contributed by atoms with Gasteiger partial charge in [0.2, 0.25) is 0 Å². The first-order chi connectivity index (χ1) is 12.7. The number of rotatable bonds is 16. The van der Waals surface area contributed by atoms with Gasteiger partial charge in [0.15, 0.2) is 6.10 Å². The van der Waals surface area contributed by atoms with E-state index < -0.39 is 51.8 Å². The molecule has 0 radical (unpaired) electrons. The number of carbonyl (C=O) groups excluding carboxylic acids is 2. The second kappa shape index (κ2) is 15.0. The SMILES string of the molecule is CCCCCCC(=O)O[C@H](COC(=O)CC)COP(=O)(O)OC[C@H](O)CO. The van der Waals surface area contributed by atoms with Crippen molar-refractivity contribution in [2.45, 2.75) is 64.6 Å². The fraction of sp³-hybridized carbons (Fsp3) is 0.875. The maximum atomic E-state index is 11.9. The number of esters is 2.